The molecule has 0 radical (unpaired) electrons. The molecule has 0 unspecified atom stereocenters. The molecule has 0 saturated heterocycles. The second kappa shape index (κ2) is 6.92. The van der Waals surface area contributed by atoms with Crippen LogP contribution in [0.1, 0.15) is 26.8 Å². The summed E-state index contributed by atoms with van der Waals surface area (Å²) < 4.78 is 0. The smallest absolute Gasteiger partial charge is 0.138 e. The van der Waals surface area contributed by atoms with E-state index in [0.29, 0.717) is 0 Å². The van der Waals surface area contributed by atoms with E-state index in [9.17, 15) is 0 Å². The maximum Gasteiger partial charge on any atom is 0.138 e. The van der Waals surface area contributed by atoms with Crippen LogP contribution < -0.4 is 5.32 Å². The fourth-order valence-corrected chi connectivity index (χ4v) is 4.64. The number of benzene rings is 1. The number of hydrogen-bond donors (Lipinski definition) is 1. The first-order valence-corrected chi connectivity index (χ1v) is 10.1. The Morgan fingerprint density at radius 3 is 2.86 bits per heavy atom. The molecule has 0 bridgehead atoms. The lowest BCUT2D eigenvalue weighted by atomic mass is 10.2. The topological polar surface area (TPSA) is 66.8 Å². The number of hydrogen-bond acceptors (Lipinski definition) is 7. The van der Waals surface area contributed by atoms with Crippen LogP contribution in [0.25, 0.3) is 10.9 Å². The highest BCUT2D eigenvalue weighted by atomic mass is 32.1. The van der Waals surface area contributed by atoms with Crippen molar-refractivity contribution in [1.82, 2.24) is 24.8 Å². The minimum absolute atomic E-state index is 0.829. The van der Waals surface area contributed by atoms with E-state index in [1.54, 1.807) is 17.7 Å². The van der Waals surface area contributed by atoms with Crippen LogP contribution in [0.3, 0.4) is 0 Å². The van der Waals surface area contributed by atoms with Gasteiger partial charge in [0, 0.05) is 35.5 Å². The highest BCUT2D eigenvalue weighted by Crippen LogP contribution is 2.31. The van der Waals surface area contributed by atoms with Gasteiger partial charge < -0.3 is 5.32 Å². The monoisotopic (exact) mass is 388 g/mol. The van der Waals surface area contributed by atoms with E-state index in [-0.39, 0.29) is 0 Å². The number of aromatic nitrogens is 4. The van der Waals surface area contributed by atoms with E-state index in [1.807, 2.05) is 24.4 Å². The molecule has 7 heteroatoms. The number of nitrogens with one attached hydrogen (secondary N) is 1. The van der Waals surface area contributed by atoms with E-state index >= 15 is 0 Å². The molecule has 0 fully saturated rings. The van der Waals surface area contributed by atoms with Crippen LogP contribution in [0.5, 0.6) is 0 Å². The summed E-state index contributed by atoms with van der Waals surface area (Å²) in [6.07, 6.45) is 3.49. The van der Waals surface area contributed by atoms with Crippen molar-refractivity contribution in [3.63, 3.8) is 0 Å². The highest BCUT2D eigenvalue weighted by Gasteiger charge is 2.25. The van der Waals surface area contributed by atoms with E-state index < -0.39 is 0 Å². The van der Waals surface area contributed by atoms with E-state index in [2.05, 4.69) is 56.1 Å². The van der Waals surface area contributed by atoms with E-state index in [0.717, 1.165) is 64.0 Å². The van der Waals surface area contributed by atoms with Gasteiger partial charge in [0.1, 0.15) is 12.1 Å². The first-order chi connectivity index (χ1) is 13.7. The van der Waals surface area contributed by atoms with Crippen molar-refractivity contribution in [2.75, 3.05) is 5.32 Å². The molecular weight excluding hydrogens is 368 g/mol. The van der Waals surface area contributed by atoms with Gasteiger partial charge in [-0.1, -0.05) is 18.2 Å². The van der Waals surface area contributed by atoms with Crippen molar-refractivity contribution in [3.05, 3.63) is 69.7 Å². The molecule has 6 nitrogen and oxygen atoms in total. The van der Waals surface area contributed by atoms with Crippen LogP contribution in [0, 0.1) is 13.8 Å². The van der Waals surface area contributed by atoms with Crippen LogP contribution in [0.2, 0.25) is 0 Å². The van der Waals surface area contributed by atoms with Gasteiger partial charge in [-0.15, -0.1) is 11.3 Å². The Morgan fingerprint density at radius 1 is 1.11 bits per heavy atom. The average molecular weight is 389 g/mol. The SMILES string of the molecule is Cc1nc(C)c(CN2Cc3ncnc(Nc4cnc5ccccc5c4)c3C2)s1. The van der Waals surface area contributed by atoms with Crippen molar-refractivity contribution < 1.29 is 0 Å². The molecule has 0 atom stereocenters. The average Bonchev–Trinajstić information content (AvgIpc) is 3.24. The largest absolute Gasteiger partial charge is 0.339 e. The number of para-hydroxylation sites is 1. The predicted octanol–water partition coefficient (Wildman–Crippen LogP) is 4.36. The fraction of sp³-hybridized carbons (Fsp3) is 0.238. The Hall–Kier alpha value is -2.90. The molecule has 1 aliphatic heterocycles. The number of anilines is 2. The van der Waals surface area contributed by atoms with Crippen molar-refractivity contribution >= 4 is 33.7 Å². The van der Waals surface area contributed by atoms with Gasteiger partial charge in [0.15, 0.2) is 0 Å². The summed E-state index contributed by atoms with van der Waals surface area (Å²) in [7, 11) is 0. The Labute approximate surface area is 167 Å². The summed E-state index contributed by atoms with van der Waals surface area (Å²) in [5, 5.41) is 5.67. The highest BCUT2D eigenvalue weighted by molar-refractivity contribution is 7.11. The van der Waals surface area contributed by atoms with Crippen molar-refractivity contribution in [3.8, 4) is 0 Å². The summed E-state index contributed by atoms with van der Waals surface area (Å²) in [6.45, 7) is 6.70. The lowest BCUT2D eigenvalue weighted by molar-refractivity contribution is 0.276. The maximum atomic E-state index is 4.55. The van der Waals surface area contributed by atoms with Crippen LogP contribution in [-0.4, -0.2) is 24.8 Å². The second-order valence-corrected chi connectivity index (χ2v) is 8.36. The third kappa shape index (κ3) is 3.23. The lowest BCUT2D eigenvalue weighted by Crippen LogP contribution is -2.15. The molecule has 0 aliphatic carbocycles. The van der Waals surface area contributed by atoms with E-state index in [4.69, 9.17) is 0 Å². The number of pyridine rings is 1. The molecule has 1 aliphatic rings. The number of nitrogens with zero attached hydrogens (tertiary/aromatic N) is 5. The van der Waals surface area contributed by atoms with Crippen LogP contribution >= 0.6 is 11.3 Å². The van der Waals surface area contributed by atoms with E-state index in [1.165, 1.54) is 4.88 Å². The normalized spacial score (nSPS) is 13.8. The van der Waals surface area contributed by atoms with Gasteiger partial charge in [-0.25, -0.2) is 15.0 Å². The van der Waals surface area contributed by atoms with Crippen LogP contribution in [-0.2, 0) is 19.6 Å². The Kier molecular flexibility index (Phi) is 4.26. The molecule has 5 rings (SSSR count). The zero-order valence-electron chi connectivity index (χ0n) is 15.8. The van der Waals surface area contributed by atoms with Gasteiger partial charge in [-0.3, -0.25) is 9.88 Å². The zero-order chi connectivity index (χ0) is 19.1. The quantitative estimate of drug-likeness (QED) is 0.560. The molecule has 1 N–H and O–H groups in total. The minimum atomic E-state index is 0.829. The predicted molar refractivity (Wildman–Crippen MR) is 112 cm³/mol. The third-order valence-corrected chi connectivity index (χ3v) is 6.07. The van der Waals surface area contributed by atoms with Gasteiger partial charge in [-0.2, -0.15) is 0 Å². The Bertz CT molecular complexity index is 1170. The molecule has 3 aromatic heterocycles. The molecule has 0 spiro atoms. The van der Waals surface area contributed by atoms with Gasteiger partial charge in [-0.05, 0) is 26.0 Å². The zero-order valence-corrected chi connectivity index (χ0v) is 16.6. The number of thiazole rings is 1. The third-order valence-electron chi connectivity index (χ3n) is 5.01. The number of rotatable bonds is 4. The standard InChI is InChI=1S/C21H20N6S/c1-13-20(28-14(2)25-13)11-27-9-17-19(10-27)23-12-24-21(17)26-16-7-15-5-3-4-6-18(15)22-8-16/h3-8,12H,9-11H2,1-2H3,(H,23,24,26). The minimum Gasteiger partial charge on any atom is -0.339 e. The summed E-state index contributed by atoms with van der Waals surface area (Å²) in [6, 6.07) is 10.2. The molecular formula is C21H20N6S. The second-order valence-electron chi connectivity index (χ2n) is 7.08. The van der Waals surface area contributed by atoms with Crippen molar-refractivity contribution in [2.24, 2.45) is 0 Å². The summed E-state index contributed by atoms with van der Waals surface area (Å²) in [5.41, 5.74) is 5.30. The summed E-state index contributed by atoms with van der Waals surface area (Å²) in [5.74, 6) is 0.863. The molecule has 1 aromatic carbocycles. The lowest BCUT2D eigenvalue weighted by Gasteiger charge is -2.13. The number of fused-ring (bicyclic) bond motifs is 2. The van der Waals surface area contributed by atoms with Crippen molar-refractivity contribution in [2.45, 2.75) is 33.5 Å². The molecule has 4 aromatic rings. The first-order valence-electron chi connectivity index (χ1n) is 9.25. The van der Waals surface area contributed by atoms with Gasteiger partial charge >= 0.3 is 0 Å². The Balaban J connectivity index is 1.38. The fourth-order valence-electron chi connectivity index (χ4n) is 3.66. The van der Waals surface area contributed by atoms with Crippen LogP contribution in [0.15, 0.2) is 42.9 Å². The molecule has 0 saturated carbocycles. The summed E-state index contributed by atoms with van der Waals surface area (Å²) in [4.78, 5) is 21.8. The van der Waals surface area contributed by atoms with Crippen LogP contribution in [0.4, 0.5) is 11.5 Å². The summed E-state index contributed by atoms with van der Waals surface area (Å²) >= 11 is 1.78. The van der Waals surface area contributed by atoms with Gasteiger partial charge in [0.2, 0.25) is 0 Å². The molecule has 28 heavy (non-hydrogen) atoms. The van der Waals surface area contributed by atoms with Crippen molar-refractivity contribution in [1.29, 1.82) is 0 Å². The number of aryl methyl sites for hydroxylation is 2. The first kappa shape index (κ1) is 17.2. The van der Waals surface area contributed by atoms with Gasteiger partial charge in [0.25, 0.3) is 0 Å². The Morgan fingerprint density at radius 2 is 2.00 bits per heavy atom. The maximum absolute atomic E-state index is 4.55. The molecule has 0 amide bonds. The van der Waals surface area contributed by atoms with Gasteiger partial charge in [0.05, 0.1) is 33.8 Å². The molecule has 4 heterocycles. The molecule has 140 valence electrons.